The number of methoxy groups -OCH3 is 1. The van der Waals surface area contributed by atoms with Crippen molar-refractivity contribution in [1.29, 1.82) is 0 Å². The second-order valence-electron chi connectivity index (χ2n) is 4.70. The van der Waals surface area contributed by atoms with Gasteiger partial charge in [-0.05, 0) is 23.1 Å². The Balaban J connectivity index is 2.15. The summed E-state index contributed by atoms with van der Waals surface area (Å²) >= 11 is 0. The Bertz CT molecular complexity index is 817. The van der Waals surface area contributed by atoms with Crippen LogP contribution in [-0.4, -0.2) is 25.0 Å². The monoisotopic (exact) mass is 296 g/mol. The lowest BCUT2D eigenvalue weighted by atomic mass is 10.0. The van der Waals surface area contributed by atoms with Gasteiger partial charge in [-0.25, -0.2) is 4.79 Å². The predicted molar refractivity (Wildman–Crippen MR) is 80.2 cm³/mol. The molecule has 1 heterocycles. The van der Waals surface area contributed by atoms with E-state index in [1.54, 1.807) is 19.2 Å². The Morgan fingerprint density at radius 1 is 0.909 bits per heavy atom. The third-order valence-corrected chi connectivity index (χ3v) is 3.38. The molecular formula is C16H12N2O4. The van der Waals surface area contributed by atoms with Gasteiger partial charge in [0, 0.05) is 5.39 Å². The molecule has 22 heavy (non-hydrogen) atoms. The van der Waals surface area contributed by atoms with Crippen LogP contribution >= 0.6 is 0 Å². The van der Waals surface area contributed by atoms with Gasteiger partial charge in [-0.3, -0.25) is 20.2 Å². The molecule has 2 aromatic carbocycles. The molecule has 6 nitrogen and oxygen atoms in total. The van der Waals surface area contributed by atoms with E-state index >= 15 is 0 Å². The number of fused-ring (bicyclic) bond motifs is 1. The standard InChI is InChI=1S/C16H12N2O4/c1-22-13-7-6-9(10-4-2-3-5-11(10)13)8-12-14(19)17-16(21)18-15(12)20/h2-8H,1H3,(H2,17,18,19,20,21). The van der Waals surface area contributed by atoms with Crippen LogP contribution in [0.2, 0.25) is 0 Å². The first-order valence-electron chi connectivity index (χ1n) is 6.54. The molecule has 0 unspecified atom stereocenters. The molecule has 1 aliphatic rings. The fourth-order valence-corrected chi connectivity index (χ4v) is 2.36. The summed E-state index contributed by atoms with van der Waals surface area (Å²) < 4.78 is 5.30. The zero-order chi connectivity index (χ0) is 15.7. The molecule has 1 fully saturated rings. The average Bonchev–Trinajstić information content (AvgIpc) is 2.50. The molecule has 0 spiro atoms. The number of urea groups is 1. The number of imide groups is 2. The van der Waals surface area contributed by atoms with E-state index < -0.39 is 17.8 Å². The van der Waals surface area contributed by atoms with Gasteiger partial charge in [0.2, 0.25) is 0 Å². The van der Waals surface area contributed by atoms with E-state index in [-0.39, 0.29) is 5.57 Å². The second-order valence-corrected chi connectivity index (χ2v) is 4.70. The number of hydrogen-bond acceptors (Lipinski definition) is 4. The zero-order valence-corrected chi connectivity index (χ0v) is 11.7. The van der Waals surface area contributed by atoms with Gasteiger partial charge in [0.15, 0.2) is 0 Å². The van der Waals surface area contributed by atoms with Crippen LogP contribution in [0.4, 0.5) is 4.79 Å². The van der Waals surface area contributed by atoms with Gasteiger partial charge in [0.25, 0.3) is 11.8 Å². The van der Waals surface area contributed by atoms with Gasteiger partial charge < -0.3 is 4.74 Å². The summed E-state index contributed by atoms with van der Waals surface area (Å²) in [6.07, 6.45) is 1.46. The van der Waals surface area contributed by atoms with Crippen molar-refractivity contribution in [3.05, 3.63) is 47.5 Å². The van der Waals surface area contributed by atoms with Crippen molar-refractivity contribution in [2.24, 2.45) is 0 Å². The lowest BCUT2D eigenvalue weighted by Crippen LogP contribution is -2.51. The van der Waals surface area contributed by atoms with Crippen molar-refractivity contribution in [3.8, 4) is 5.75 Å². The number of rotatable bonds is 2. The Morgan fingerprint density at radius 2 is 1.55 bits per heavy atom. The summed E-state index contributed by atoms with van der Waals surface area (Å²) in [5.74, 6) is -0.729. The Kier molecular flexibility index (Phi) is 3.34. The quantitative estimate of drug-likeness (QED) is 0.651. The molecule has 0 atom stereocenters. The Hall–Kier alpha value is -3.15. The Morgan fingerprint density at radius 3 is 2.18 bits per heavy atom. The number of barbiturate groups is 1. The van der Waals surface area contributed by atoms with Crippen molar-refractivity contribution in [2.45, 2.75) is 0 Å². The van der Waals surface area contributed by atoms with Crippen molar-refractivity contribution < 1.29 is 19.1 Å². The first-order valence-corrected chi connectivity index (χ1v) is 6.54. The van der Waals surface area contributed by atoms with Crippen molar-refractivity contribution in [1.82, 2.24) is 10.6 Å². The predicted octanol–water partition coefficient (Wildman–Crippen LogP) is 1.60. The van der Waals surface area contributed by atoms with E-state index in [9.17, 15) is 14.4 Å². The fraction of sp³-hybridized carbons (Fsp3) is 0.0625. The summed E-state index contributed by atoms with van der Waals surface area (Å²) in [6.45, 7) is 0. The van der Waals surface area contributed by atoms with Crippen LogP contribution in [0, 0.1) is 0 Å². The van der Waals surface area contributed by atoms with Gasteiger partial charge in [0.05, 0.1) is 7.11 Å². The van der Waals surface area contributed by atoms with Gasteiger partial charge in [-0.2, -0.15) is 0 Å². The summed E-state index contributed by atoms with van der Waals surface area (Å²) in [4.78, 5) is 34.7. The second kappa shape index (κ2) is 5.33. The minimum Gasteiger partial charge on any atom is -0.496 e. The van der Waals surface area contributed by atoms with Crippen LogP contribution in [0.5, 0.6) is 5.75 Å². The molecule has 0 bridgehead atoms. The molecule has 2 aromatic rings. The maximum absolute atomic E-state index is 11.8. The van der Waals surface area contributed by atoms with Gasteiger partial charge >= 0.3 is 6.03 Å². The third-order valence-electron chi connectivity index (χ3n) is 3.38. The SMILES string of the molecule is COc1ccc(C=C2C(=O)NC(=O)NC2=O)c2ccccc12. The van der Waals surface area contributed by atoms with Gasteiger partial charge in [-0.15, -0.1) is 0 Å². The van der Waals surface area contributed by atoms with E-state index in [2.05, 4.69) is 0 Å². The van der Waals surface area contributed by atoms with Crippen LogP contribution in [0.15, 0.2) is 42.0 Å². The largest absolute Gasteiger partial charge is 0.496 e. The van der Waals surface area contributed by atoms with Crippen LogP contribution < -0.4 is 15.4 Å². The molecule has 2 N–H and O–H groups in total. The summed E-state index contributed by atoms with van der Waals surface area (Å²) in [7, 11) is 1.58. The number of amides is 4. The molecule has 1 saturated heterocycles. The van der Waals surface area contributed by atoms with E-state index in [0.29, 0.717) is 11.3 Å². The number of benzene rings is 2. The molecule has 0 aliphatic carbocycles. The first kappa shape index (κ1) is 13.8. The highest BCUT2D eigenvalue weighted by Crippen LogP contribution is 2.29. The Labute approximate surface area is 125 Å². The maximum Gasteiger partial charge on any atom is 0.328 e. The van der Waals surface area contributed by atoms with E-state index in [1.165, 1.54) is 6.08 Å². The van der Waals surface area contributed by atoms with Crippen molar-refractivity contribution in [2.75, 3.05) is 7.11 Å². The van der Waals surface area contributed by atoms with E-state index in [0.717, 1.165) is 10.8 Å². The van der Waals surface area contributed by atoms with Crippen LogP contribution in [0.3, 0.4) is 0 Å². The minimum atomic E-state index is -0.813. The number of carbonyl (C=O) groups excluding carboxylic acids is 3. The van der Waals surface area contributed by atoms with E-state index in [4.69, 9.17) is 4.74 Å². The molecule has 0 saturated carbocycles. The summed E-state index contributed by atoms with van der Waals surface area (Å²) in [6, 6.07) is 10.2. The molecular weight excluding hydrogens is 284 g/mol. The maximum atomic E-state index is 11.8. The average molecular weight is 296 g/mol. The number of carbonyl (C=O) groups is 3. The molecule has 1 aliphatic heterocycles. The highest BCUT2D eigenvalue weighted by Gasteiger charge is 2.27. The normalized spacial score (nSPS) is 14.6. The zero-order valence-electron chi connectivity index (χ0n) is 11.7. The van der Waals surface area contributed by atoms with Gasteiger partial charge in [0.1, 0.15) is 11.3 Å². The topological polar surface area (TPSA) is 84.5 Å². The third kappa shape index (κ3) is 2.31. The molecule has 6 heteroatoms. The van der Waals surface area contributed by atoms with Gasteiger partial charge in [-0.1, -0.05) is 30.3 Å². The summed E-state index contributed by atoms with van der Waals surface area (Å²) in [5.41, 5.74) is 0.570. The highest BCUT2D eigenvalue weighted by molar-refractivity contribution is 6.31. The molecule has 0 radical (unpaired) electrons. The number of nitrogens with one attached hydrogen (secondary N) is 2. The molecule has 110 valence electrons. The van der Waals surface area contributed by atoms with Crippen LogP contribution in [0.1, 0.15) is 5.56 Å². The molecule has 0 aromatic heterocycles. The van der Waals surface area contributed by atoms with Crippen molar-refractivity contribution in [3.63, 3.8) is 0 Å². The number of hydrogen-bond donors (Lipinski definition) is 2. The molecule has 3 rings (SSSR count). The summed E-state index contributed by atoms with van der Waals surface area (Å²) in [5, 5.41) is 5.80. The molecule has 4 amide bonds. The highest BCUT2D eigenvalue weighted by atomic mass is 16.5. The van der Waals surface area contributed by atoms with Crippen LogP contribution in [-0.2, 0) is 9.59 Å². The smallest absolute Gasteiger partial charge is 0.328 e. The number of ether oxygens (including phenoxy) is 1. The van der Waals surface area contributed by atoms with E-state index in [1.807, 2.05) is 34.9 Å². The fourth-order valence-electron chi connectivity index (χ4n) is 2.36. The van der Waals surface area contributed by atoms with Crippen molar-refractivity contribution >= 4 is 34.7 Å². The van der Waals surface area contributed by atoms with Crippen LogP contribution in [0.25, 0.3) is 16.8 Å². The minimum absolute atomic E-state index is 0.116. The lowest BCUT2D eigenvalue weighted by molar-refractivity contribution is -0.123. The first-order chi connectivity index (χ1) is 10.6. The lowest BCUT2D eigenvalue weighted by Gasteiger charge is -2.14.